The summed E-state index contributed by atoms with van der Waals surface area (Å²) in [5.74, 6) is 0.983. The number of pyridine rings is 3. The number of aryl methyl sites for hydroxylation is 2. The summed E-state index contributed by atoms with van der Waals surface area (Å²) >= 11 is 0. The van der Waals surface area contributed by atoms with E-state index in [0.717, 1.165) is 45.3 Å². The van der Waals surface area contributed by atoms with Crippen molar-refractivity contribution in [3.63, 3.8) is 0 Å². The van der Waals surface area contributed by atoms with Gasteiger partial charge in [0.15, 0.2) is 0 Å². The van der Waals surface area contributed by atoms with Gasteiger partial charge in [0.2, 0.25) is 5.91 Å². The fourth-order valence-electron chi connectivity index (χ4n) is 4.19. The van der Waals surface area contributed by atoms with Crippen molar-refractivity contribution < 1.29 is 9.53 Å². The minimum absolute atomic E-state index is 0.0354. The molecule has 1 amide bonds. The van der Waals surface area contributed by atoms with Gasteiger partial charge in [0.25, 0.3) is 0 Å². The molecule has 0 radical (unpaired) electrons. The molecule has 0 aliphatic heterocycles. The topological polar surface area (TPSA) is 121 Å². The van der Waals surface area contributed by atoms with Gasteiger partial charge >= 0.3 is 0 Å². The number of hydrogen-bond donors (Lipinski definition) is 2. The van der Waals surface area contributed by atoms with Crippen molar-refractivity contribution in [2.75, 3.05) is 18.2 Å². The van der Waals surface area contributed by atoms with Crippen molar-refractivity contribution in [3.8, 4) is 11.3 Å². The molecule has 9 heteroatoms. The van der Waals surface area contributed by atoms with Crippen LogP contribution in [0.4, 0.5) is 11.6 Å². The summed E-state index contributed by atoms with van der Waals surface area (Å²) in [6.07, 6.45) is 8.03. The zero-order valence-electron chi connectivity index (χ0n) is 18.7. The molecular formula is C24H25N7O2. The molecule has 1 aliphatic carbocycles. The smallest absolute Gasteiger partial charge is 0.229 e. The van der Waals surface area contributed by atoms with E-state index in [9.17, 15) is 4.79 Å². The van der Waals surface area contributed by atoms with Crippen LogP contribution in [0.2, 0.25) is 0 Å². The summed E-state index contributed by atoms with van der Waals surface area (Å²) in [5.41, 5.74) is 10.8. The third-order valence-corrected chi connectivity index (χ3v) is 6.01. The molecule has 0 saturated heterocycles. The first-order valence-electron chi connectivity index (χ1n) is 10.7. The molecule has 0 bridgehead atoms. The van der Waals surface area contributed by atoms with Crippen molar-refractivity contribution in [3.05, 3.63) is 59.8 Å². The molecule has 4 heterocycles. The van der Waals surface area contributed by atoms with E-state index in [1.54, 1.807) is 24.2 Å². The van der Waals surface area contributed by atoms with Crippen LogP contribution in [0.5, 0.6) is 0 Å². The van der Waals surface area contributed by atoms with Crippen molar-refractivity contribution in [1.29, 1.82) is 0 Å². The van der Waals surface area contributed by atoms with Crippen LogP contribution in [0.25, 0.3) is 22.0 Å². The predicted molar refractivity (Wildman–Crippen MR) is 125 cm³/mol. The number of nitrogens with zero attached hydrogens (tertiary/aromatic N) is 5. The summed E-state index contributed by atoms with van der Waals surface area (Å²) in [4.78, 5) is 26.1. The lowest BCUT2D eigenvalue weighted by Gasteiger charge is -2.11. The molecule has 9 nitrogen and oxygen atoms in total. The fraction of sp³-hybridized carbons (Fsp3) is 0.292. The number of methoxy groups -OCH3 is 1. The van der Waals surface area contributed by atoms with Crippen LogP contribution >= 0.6 is 0 Å². The number of amides is 1. The lowest BCUT2D eigenvalue weighted by Crippen LogP contribution is -2.15. The highest BCUT2D eigenvalue weighted by atomic mass is 16.5. The van der Waals surface area contributed by atoms with E-state index in [2.05, 4.69) is 25.4 Å². The van der Waals surface area contributed by atoms with Gasteiger partial charge in [0.05, 0.1) is 24.2 Å². The number of fused-ring (bicyclic) bond motifs is 1. The summed E-state index contributed by atoms with van der Waals surface area (Å²) in [5, 5.41) is 8.73. The Labute approximate surface area is 191 Å². The Balaban J connectivity index is 1.39. The molecule has 0 aromatic carbocycles. The second kappa shape index (κ2) is 8.25. The number of carbonyl (C=O) groups is 1. The molecular weight excluding hydrogens is 418 g/mol. The van der Waals surface area contributed by atoms with Crippen LogP contribution in [0.1, 0.15) is 29.2 Å². The molecule has 2 atom stereocenters. The molecule has 1 fully saturated rings. The van der Waals surface area contributed by atoms with Crippen LogP contribution in [0.15, 0.2) is 43.0 Å². The lowest BCUT2D eigenvalue weighted by molar-refractivity contribution is -0.117. The number of nitrogens with one attached hydrogen (secondary N) is 1. The average molecular weight is 444 g/mol. The standard InChI is InChI=1S/C24H25N7O2/c1-13-4-16(12-33-3)26-9-19(13)21-5-14-6-22(27-10-20(14)23(25)29-21)30-24(32)18-7-17(18)15-8-28-31(2)11-15/h4-6,8-11,17-18H,7,12H2,1-3H3,(H2,25,29)(H,27,30,32)/t17-,18+/m0/s1. The fourth-order valence-corrected chi connectivity index (χ4v) is 4.19. The first-order chi connectivity index (χ1) is 15.9. The average Bonchev–Trinajstić information content (AvgIpc) is 3.47. The van der Waals surface area contributed by atoms with Crippen LogP contribution in [0.3, 0.4) is 0 Å². The monoisotopic (exact) mass is 443 g/mol. The van der Waals surface area contributed by atoms with Gasteiger partial charge in [0.1, 0.15) is 11.6 Å². The Morgan fingerprint density at radius 3 is 2.82 bits per heavy atom. The van der Waals surface area contributed by atoms with E-state index in [1.165, 1.54) is 0 Å². The normalized spacial score (nSPS) is 17.3. The number of rotatable bonds is 6. The quantitative estimate of drug-likeness (QED) is 0.469. The van der Waals surface area contributed by atoms with Gasteiger partial charge in [-0.1, -0.05) is 0 Å². The van der Waals surface area contributed by atoms with Gasteiger partial charge in [-0.3, -0.25) is 14.5 Å². The summed E-state index contributed by atoms with van der Waals surface area (Å²) in [7, 11) is 3.52. The minimum atomic E-state index is -0.0656. The van der Waals surface area contributed by atoms with E-state index in [-0.39, 0.29) is 17.7 Å². The van der Waals surface area contributed by atoms with E-state index < -0.39 is 0 Å². The molecule has 5 rings (SSSR count). The summed E-state index contributed by atoms with van der Waals surface area (Å²) in [6, 6.07) is 5.75. The molecule has 0 unspecified atom stereocenters. The number of ether oxygens (including phenoxy) is 1. The second-order valence-corrected chi connectivity index (χ2v) is 8.49. The third kappa shape index (κ3) is 4.14. The highest BCUT2D eigenvalue weighted by molar-refractivity contribution is 5.98. The Morgan fingerprint density at radius 2 is 2.09 bits per heavy atom. The molecule has 4 aromatic heterocycles. The summed E-state index contributed by atoms with van der Waals surface area (Å²) in [6.45, 7) is 2.45. The van der Waals surface area contributed by atoms with E-state index in [1.807, 2.05) is 44.6 Å². The molecule has 4 aromatic rings. The molecule has 1 aliphatic rings. The Morgan fingerprint density at radius 1 is 1.24 bits per heavy atom. The predicted octanol–water partition coefficient (Wildman–Crippen LogP) is 3.20. The molecule has 168 valence electrons. The van der Waals surface area contributed by atoms with Crippen LogP contribution in [-0.2, 0) is 23.2 Å². The Hall–Kier alpha value is -3.85. The van der Waals surface area contributed by atoms with Gasteiger partial charge in [0, 0.05) is 49.6 Å². The Bertz CT molecular complexity index is 1360. The second-order valence-electron chi connectivity index (χ2n) is 8.49. The summed E-state index contributed by atoms with van der Waals surface area (Å²) < 4.78 is 6.92. The van der Waals surface area contributed by atoms with Gasteiger partial charge < -0.3 is 15.8 Å². The van der Waals surface area contributed by atoms with Crippen molar-refractivity contribution >= 4 is 28.3 Å². The number of nitrogen functional groups attached to an aromatic ring is 1. The highest BCUT2D eigenvalue weighted by Gasteiger charge is 2.44. The number of nitrogens with two attached hydrogens (primary N) is 1. The first kappa shape index (κ1) is 21.0. The van der Waals surface area contributed by atoms with Gasteiger partial charge in [-0.05, 0) is 54.0 Å². The maximum atomic E-state index is 12.8. The Kier molecular flexibility index (Phi) is 5.26. The van der Waals surface area contributed by atoms with Crippen molar-refractivity contribution in [2.24, 2.45) is 13.0 Å². The zero-order valence-corrected chi connectivity index (χ0v) is 18.7. The van der Waals surface area contributed by atoms with Crippen molar-refractivity contribution in [2.45, 2.75) is 25.9 Å². The number of aromatic nitrogens is 5. The number of hydrogen-bond acceptors (Lipinski definition) is 7. The number of anilines is 2. The maximum Gasteiger partial charge on any atom is 0.229 e. The van der Waals surface area contributed by atoms with E-state index in [4.69, 9.17) is 10.5 Å². The van der Waals surface area contributed by atoms with E-state index >= 15 is 0 Å². The molecule has 33 heavy (non-hydrogen) atoms. The van der Waals surface area contributed by atoms with Crippen LogP contribution in [0, 0.1) is 12.8 Å². The van der Waals surface area contributed by atoms with Crippen LogP contribution < -0.4 is 11.1 Å². The maximum absolute atomic E-state index is 12.8. The molecule has 0 spiro atoms. The lowest BCUT2D eigenvalue weighted by atomic mass is 10.0. The molecule has 1 saturated carbocycles. The molecule has 3 N–H and O–H groups in total. The largest absolute Gasteiger partial charge is 0.383 e. The number of carbonyl (C=O) groups excluding carboxylic acids is 1. The van der Waals surface area contributed by atoms with Crippen molar-refractivity contribution in [1.82, 2.24) is 24.7 Å². The van der Waals surface area contributed by atoms with Crippen LogP contribution in [-0.4, -0.2) is 37.7 Å². The third-order valence-electron chi connectivity index (χ3n) is 6.01. The van der Waals surface area contributed by atoms with Gasteiger partial charge in [-0.15, -0.1) is 0 Å². The van der Waals surface area contributed by atoms with E-state index in [0.29, 0.717) is 18.2 Å². The first-order valence-corrected chi connectivity index (χ1v) is 10.7. The SMILES string of the molecule is COCc1cc(C)c(-c2cc3cc(NC(=O)[C@@H]4C[C@H]4c4cnn(C)c4)ncc3c(N)n2)cn1. The van der Waals surface area contributed by atoms with Gasteiger partial charge in [-0.2, -0.15) is 5.10 Å². The van der Waals surface area contributed by atoms with Gasteiger partial charge in [-0.25, -0.2) is 9.97 Å². The zero-order chi connectivity index (χ0) is 23.1. The minimum Gasteiger partial charge on any atom is -0.383 e. The highest BCUT2D eigenvalue weighted by Crippen LogP contribution is 2.47.